The second-order valence-corrected chi connectivity index (χ2v) is 21.0. The molecule has 0 amide bonds. The lowest BCUT2D eigenvalue weighted by atomic mass is 9.97. The highest BCUT2D eigenvalue weighted by Crippen LogP contribution is 2.21. The average Bonchev–Trinajstić information content (AvgIpc) is 2.70. The quantitative estimate of drug-likeness (QED) is 0.107. The van der Waals surface area contributed by atoms with E-state index in [1.165, 1.54) is 89.9 Å². The molecule has 1 atom stereocenters. The van der Waals surface area contributed by atoms with Gasteiger partial charge in [-0.15, -0.1) is 0 Å². The fraction of sp³-hybridized carbons (Fsp3) is 0.929. The Kier molecular flexibility index (Phi) is 19.2. The number of unbranched alkanes of at least 4 members (excludes halogenated alkanes) is 15. The molecule has 0 saturated carbocycles. The van der Waals surface area contributed by atoms with Crippen LogP contribution in [-0.2, 0) is 18.4 Å². The van der Waals surface area contributed by atoms with Gasteiger partial charge in [0.15, 0.2) is 0 Å². The van der Waals surface area contributed by atoms with Gasteiger partial charge in [-0.1, -0.05) is 110 Å². The first-order valence-corrected chi connectivity index (χ1v) is 21.2. The summed E-state index contributed by atoms with van der Waals surface area (Å²) >= 11 is 0. The second-order valence-electron chi connectivity index (χ2n) is 12.1. The maximum absolute atomic E-state index is 12.7. The Morgan fingerprint density at radius 2 is 0.912 bits per heavy atom. The highest BCUT2D eigenvalue weighted by atomic mass is 28.4. The maximum Gasteiger partial charge on any atom is 0.296 e. The summed E-state index contributed by atoms with van der Waals surface area (Å²) in [6, 6.07) is 0. The summed E-state index contributed by atoms with van der Waals surface area (Å²) in [5.74, 6) is -0.803. The molecule has 6 heteroatoms. The molecule has 0 bridgehead atoms. The van der Waals surface area contributed by atoms with E-state index in [0.29, 0.717) is 0 Å². The third-order valence-corrected chi connectivity index (χ3v) is 7.63. The molecule has 0 aliphatic carbocycles. The molecular weight excluding hydrogens is 456 g/mol. The van der Waals surface area contributed by atoms with Crippen molar-refractivity contribution in [3.8, 4) is 0 Å². The van der Waals surface area contributed by atoms with Crippen LogP contribution < -0.4 is 0 Å². The van der Waals surface area contributed by atoms with Gasteiger partial charge in [0.25, 0.3) is 11.9 Å². The molecule has 0 rings (SSSR count). The van der Waals surface area contributed by atoms with Gasteiger partial charge in [-0.2, -0.15) is 0 Å². The molecule has 0 aromatic carbocycles. The summed E-state index contributed by atoms with van der Waals surface area (Å²) in [6.45, 7) is 14.3. The standard InChI is InChI=1S/C28H58O4Si2/c1-8-9-10-11-12-13-14-15-16-17-18-19-20-21-22-23-24-26(28(30)32-34(5,6)7)25-27(29)31-33(2,3)4/h26H,8-25H2,1-7H3. The molecule has 0 aliphatic rings. The van der Waals surface area contributed by atoms with Crippen molar-refractivity contribution in [2.45, 2.75) is 162 Å². The molecule has 0 aromatic heterocycles. The molecule has 0 spiro atoms. The van der Waals surface area contributed by atoms with Crippen LogP contribution in [0.2, 0.25) is 39.3 Å². The molecule has 0 radical (unpaired) electrons. The fourth-order valence-electron chi connectivity index (χ4n) is 4.21. The van der Waals surface area contributed by atoms with Crippen LogP contribution in [0.15, 0.2) is 0 Å². The first-order chi connectivity index (χ1) is 15.9. The first kappa shape index (κ1) is 33.4. The Morgan fingerprint density at radius 1 is 0.559 bits per heavy atom. The SMILES string of the molecule is CCCCCCCCCCCCCCCCCCC(CC(=O)O[Si](C)(C)C)C(=O)O[Si](C)(C)C. The Balaban J connectivity index is 3.93. The minimum Gasteiger partial charge on any atom is -0.520 e. The van der Waals surface area contributed by atoms with Crippen LogP contribution in [0, 0.1) is 5.92 Å². The number of carbonyl (C=O) groups excluding carboxylic acids is 2. The van der Waals surface area contributed by atoms with Crippen LogP contribution >= 0.6 is 0 Å². The molecular formula is C28H58O4Si2. The van der Waals surface area contributed by atoms with Crippen molar-refractivity contribution in [2.75, 3.05) is 0 Å². The normalized spacial score (nSPS) is 13.0. The summed E-state index contributed by atoms with van der Waals surface area (Å²) in [4.78, 5) is 25.0. The highest BCUT2D eigenvalue weighted by Gasteiger charge is 2.30. The van der Waals surface area contributed by atoms with Crippen LogP contribution in [0.4, 0.5) is 0 Å². The molecule has 1 unspecified atom stereocenters. The number of carbonyl (C=O) groups is 2. The zero-order valence-electron chi connectivity index (χ0n) is 23.9. The van der Waals surface area contributed by atoms with Crippen molar-refractivity contribution >= 4 is 28.6 Å². The molecule has 0 heterocycles. The third kappa shape index (κ3) is 23.1. The summed E-state index contributed by atoms with van der Waals surface area (Å²) < 4.78 is 11.3. The fourth-order valence-corrected chi connectivity index (χ4v) is 5.75. The Morgan fingerprint density at radius 3 is 1.26 bits per heavy atom. The molecule has 0 aromatic rings. The van der Waals surface area contributed by atoms with Crippen LogP contribution in [0.25, 0.3) is 0 Å². The lowest BCUT2D eigenvalue weighted by Gasteiger charge is -2.24. The van der Waals surface area contributed by atoms with Crippen molar-refractivity contribution in [1.29, 1.82) is 0 Å². The Bertz CT molecular complexity index is 523. The average molecular weight is 515 g/mol. The molecule has 0 aliphatic heterocycles. The van der Waals surface area contributed by atoms with Crippen LogP contribution in [0.1, 0.15) is 122 Å². The topological polar surface area (TPSA) is 52.6 Å². The van der Waals surface area contributed by atoms with E-state index >= 15 is 0 Å². The van der Waals surface area contributed by atoms with E-state index in [2.05, 4.69) is 6.92 Å². The van der Waals surface area contributed by atoms with E-state index in [4.69, 9.17) is 8.85 Å². The summed E-state index contributed by atoms with van der Waals surface area (Å²) in [7, 11) is -3.90. The van der Waals surface area contributed by atoms with Gasteiger partial charge in [0.1, 0.15) is 0 Å². The predicted octanol–water partition coefficient (Wildman–Crippen LogP) is 9.40. The van der Waals surface area contributed by atoms with E-state index < -0.39 is 16.6 Å². The van der Waals surface area contributed by atoms with E-state index in [0.717, 1.165) is 19.3 Å². The minimum absolute atomic E-state index is 0.159. The number of rotatable bonds is 22. The number of hydrogen-bond acceptors (Lipinski definition) is 4. The number of hydrogen-bond donors (Lipinski definition) is 0. The molecule has 0 fully saturated rings. The van der Waals surface area contributed by atoms with Gasteiger partial charge in [0, 0.05) is 0 Å². The van der Waals surface area contributed by atoms with Gasteiger partial charge < -0.3 is 8.85 Å². The zero-order chi connectivity index (χ0) is 25.9. The zero-order valence-corrected chi connectivity index (χ0v) is 25.9. The van der Waals surface area contributed by atoms with Crippen molar-refractivity contribution in [1.82, 2.24) is 0 Å². The van der Waals surface area contributed by atoms with Crippen molar-refractivity contribution in [2.24, 2.45) is 5.92 Å². The van der Waals surface area contributed by atoms with Crippen molar-refractivity contribution < 1.29 is 18.4 Å². The van der Waals surface area contributed by atoms with Crippen LogP contribution in [0.5, 0.6) is 0 Å². The van der Waals surface area contributed by atoms with Gasteiger partial charge >= 0.3 is 0 Å². The molecule has 202 valence electrons. The Labute approximate surface area is 214 Å². The van der Waals surface area contributed by atoms with Crippen LogP contribution in [-0.4, -0.2) is 28.6 Å². The van der Waals surface area contributed by atoms with Crippen molar-refractivity contribution in [3.63, 3.8) is 0 Å². The van der Waals surface area contributed by atoms with E-state index in [1.807, 2.05) is 39.3 Å². The lowest BCUT2D eigenvalue weighted by Crippen LogP contribution is -2.35. The largest absolute Gasteiger partial charge is 0.520 e. The van der Waals surface area contributed by atoms with Gasteiger partial charge in [-0.3, -0.25) is 9.59 Å². The van der Waals surface area contributed by atoms with Crippen molar-refractivity contribution in [3.05, 3.63) is 0 Å². The molecule has 4 nitrogen and oxygen atoms in total. The lowest BCUT2D eigenvalue weighted by molar-refractivity contribution is -0.146. The van der Waals surface area contributed by atoms with Gasteiger partial charge in [0.2, 0.25) is 16.6 Å². The molecule has 34 heavy (non-hydrogen) atoms. The summed E-state index contributed by atoms with van der Waals surface area (Å²) in [5.41, 5.74) is 0. The molecule has 0 N–H and O–H groups in total. The van der Waals surface area contributed by atoms with Gasteiger partial charge in [-0.25, -0.2) is 0 Å². The summed E-state index contributed by atoms with van der Waals surface area (Å²) in [5, 5.41) is 0. The van der Waals surface area contributed by atoms with Gasteiger partial charge in [0.05, 0.1) is 12.3 Å². The van der Waals surface area contributed by atoms with Gasteiger partial charge in [-0.05, 0) is 45.7 Å². The maximum atomic E-state index is 12.7. The minimum atomic E-state index is -1.97. The second kappa shape index (κ2) is 19.5. The van der Waals surface area contributed by atoms with Crippen LogP contribution in [0.3, 0.4) is 0 Å². The van der Waals surface area contributed by atoms with E-state index in [-0.39, 0.29) is 24.3 Å². The van der Waals surface area contributed by atoms with E-state index in [9.17, 15) is 9.59 Å². The third-order valence-electron chi connectivity index (χ3n) is 5.98. The molecule has 0 saturated heterocycles. The highest BCUT2D eigenvalue weighted by molar-refractivity contribution is 6.71. The smallest absolute Gasteiger partial charge is 0.296 e. The monoisotopic (exact) mass is 514 g/mol. The van der Waals surface area contributed by atoms with E-state index in [1.54, 1.807) is 0 Å². The summed E-state index contributed by atoms with van der Waals surface area (Å²) in [6.07, 6.45) is 22.2. The first-order valence-electron chi connectivity index (χ1n) is 14.4. The Hall–Kier alpha value is -0.626. The predicted molar refractivity (Wildman–Crippen MR) is 151 cm³/mol.